The standard InChI is InChI=1S/C18H19FN4O3/c1-11-15(17(24)26-9-12-5-4-8-25-12)16(13-6-2-3-7-14(13)19)23-18(22-11)20-10-21-23/h2-3,6-7,10,12,16H,4-5,8-9H2,1H3,(H,20,21,22)/t12-,16-/m0/s1. The molecule has 26 heavy (non-hydrogen) atoms. The van der Waals surface area contributed by atoms with E-state index in [1.165, 1.54) is 17.1 Å². The number of anilines is 1. The molecule has 2 aliphatic rings. The van der Waals surface area contributed by atoms with E-state index in [0.717, 1.165) is 12.8 Å². The second-order valence-electron chi connectivity index (χ2n) is 6.35. The van der Waals surface area contributed by atoms with Gasteiger partial charge in [-0.25, -0.2) is 13.9 Å². The van der Waals surface area contributed by atoms with Gasteiger partial charge in [0.2, 0.25) is 5.95 Å². The van der Waals surface area contributed by atoms with Crippen molar-refractivity contribution >= 4 is 11.9 Å². The number of benzene rings is 1. The second-order valence-corrected chi connectivity index (χ2v) is 6.35. The highest BCUT2D eigenvalue weighted by atomic mass is 19.1. The van der Waals surface area contributed by atoms with E-state index in [1.807, 2.05) is 0 Å². The van der Waals surface area contributed by atoms with Crippen LogP contribution in [0, 0.1) is 5.82 Å². The molecule has 1 fully saturated rings. The monoisotopic (exact) mass is 358 g/mol. The maximum atomic E-state index is 14.5. The van der Waals surface area contributed by atoms with E-state index in [2.05, 4.69) is 15.4 Å². The fourth-order valence-electron chi connectivity index (χ4n) is 3.36. The normalized spacial score (nSPS) is 22.1. The van der Waals surface area contributed by atoms with Gasteiger partial charge in [-0.15, -0.1) is 0 Å². The van der Waals surface area contributed by atoms with Gasteiger partial charge >= 0.3 is 5.97 Å². The lowest BCUT2D eigenvalue weighted by Gasteiger charge is -2.28. The van der Waals surface area contributed by atoms with Crippen molar-refractivity contribution in [1.29, 1.82) is 0 Å². The molecule has 1 saturated heterocycles. The Kier molecular flexibility index (Phi) is 4.42. The van der Waals surface area contributed by atoms with Gasteiger partial charge in [0.05, 0.1) is 11.7 Å². The van der Waals surface area contributed by atoms with Gasteiger partial charge in [0.15, 0.2) is 0 Å². The van der Waals surface area contributed by atoms with Crippen molar-refractivity contribution in [2.45, 2.75) is 31.9 Å². The minimum absolute atomic E-state index is 0.0785. The minimum Gasteiger partial charge on any atom is -0.459 e. The zero-order valence-electron chi connectivity index (χ0n) is 14.3. The zero-order chi connectivity index (χ0) is 18.1. The SMILES string of the molecule is CC1=C(C(=O)OC[C@@H]2CCCO2)[C@H](c2ccccc2F)n2ncnc2N1. The number of hydrogen-bond acceptors (Lipinski definition) is 6. The first kappa shape index (κ1) is 16.7. The lowest BCUT2D eigenvalue weighted by atomic mass is 9.95. The molecule has 2 atom stereocenters. The van der Waals surface area contributed by atoms with E-state index in [4.69, 9.17) is 9.47 Å². The Morgan fingerprint density at radius 1 is 1.46 bits per heavy atom. The first-order valence-corrected chi connectivity index (χ1v) is 8.55. The lowest BCUT2D eigenvalue weighted by Crippen LogP contribution is -2.31. The average Bonchev–Trinajstić information content (AvgIpc) is 3.30. The van der Waals surface area contributed by atoms with Crippen LogP contribution < -0.4 is 5.32 Å². The number of hydrogen-bond donors (Lipinski definition) is 1. The summed E-state index contributed by atoms with van der Waals surface area (Å²) < 4.78 is 27.0. The van der Waals surface area contributed by atoms with Gasteiger partial charge < -0.3 is 14.8 Å². The summed E-state index contributed by atoms with van der Waals surface area (Å²) in [5, 5.41) is 7.20. The third-order valence-electron chi connectivity index (χ3n) is 4.64. The highest BCUT2D eigenvalue weighted by molar-refractivity contribution is 5.92. The molecular weight excluding hydrogens is 339 g/mol. The first-order chi connectivity index (χ1) is 12.6. The lowest BCUT2D eigenvalue weighted by molar-refractivity contribution is -0.142. The van der Waals surface area contributed by atoms with Gasteiger partial charge in [0.25, 0.3) is 0 Å². The van der Waals surface area contributed by atoms with Crippen LogP contribution in [0.25, 0.3) is 0 Å². The Labute approximate surface area is 149 Å². The van der Waals surface area contributed by atoms with Crippen LogP contribution in [0.5, 0.6) is 0 Å². The highest BCUT2D eigenvalue weighted by Crippen LogP contribution is 2.36. The van der Waals surface area contributed by atoms with E-state index >= 15 is 0 Å². The maximum absolute atomic E-state index is 14.5. The Morgan fingerprint density at radius 3 is 3.08 bits per heavy atom. The summed E-state index contributed by atoms with van der Waals surface area (Å²) in [6, 6.07) is 5.58. The van der Waals surface area contributed by atoms with Crippen LogP contribution in [0.4, 0.5) is 10.3 Å². The largest absolute Gasteiger partial charge is 0.459 e. The number of rotatable bonds is 4. The molecule has 0 bridgehead atoms. The summed E-state index contributed by atoms with van der Waals surface area (Å²) in [4.78, 5) is 17.0. The highest BCUT2D eigenvalue weighted by Gasteiger charge is 2.36. The Morgan fingerprint density at radius 2 is 2.31 bits per heavy atom. The van der Waals surface area contributed by atoms with E-state index in [-0.39, 0.29) is 12.7 Å². The van der Waals surface area contributed by atoms with E-state index in [9.17, 15) is 9.18 Å². The molecular formula is C18H19FN4O3. The summed E-state index contributed by atoms with van der Waals surface area (Å²) in [6.07, 6.45) is 3.12. The van der Waals surface area contributed by atoms with Crippen molar-refractivity contribution in [2.24, 2.45) is 0 Å². The predicted molar refractivity (Wildman–Crippen MR) is 90.8 cm³/mol. The smallest absolute Gasteiger partial charge is 0.338 e. The van der Waals surface area contributed by atoms with Crippen LogP contribution in [-0.4, -0.2) is 40.1 Å². The number of nitrogens with zero attached hydrogens (tertiary/aromatic N) is 3. The first-order valence-electron chi connectivity index (χ1n) is 8.55. The number of esters is 1. The molecule has 8 heteroatoms. The van der Waals surface area contributed by atoms with Crippen LogP contribution in [0.15, 0.2) is 41.9 Å². The molecule has 0 aliphatic carbocycles. The average molecular weight is 358 g/mol. The van der Waals surface area contributed by atoms with Crippen molar-refractivity contribution in [3.63, 3.8) is 0 Å². The van der Waals surface area contributed by atoms with Crippen LogP contribution in [0.3, 0.4) is 0 Å². The molecule has 2 aliphatic heterocycles. The molecule has 0 saturated carbocycles. The maximum Gasteiger partial charge on any atom is 0.338 e. The van der Waals surface area contributed by atoms with Gasteiger partial charge in [0.1, 0.15) is 24.8 Å². The second kappa shape index (κ2) is 6.87. The molecule has 2 aromatic rings. The van der Waals surface area contributed by atoms with E-state index < -0.39 is 17.8 Å². The summed E-state index contributed by atoms with van der Waals surface area (Å²) >= 11 is 0. The Bertz CT molecular complexity index is 858. The number of ether oxygens (including phenoxy) is 2. The molecule has 1 N–H and O–H groups in total. The van der Waals surface area contributed by atoms with Gasteiger partial charge in [-0.05, 0) is 25.8 Å². The summed E-state index contributed by atoms with van der Waals surface area (Å²) in [5.41, 5.74) is 1.21. The molecule has 3 heterocycles. The molecule has 4 rings (SSSR count). The number of halogens is 1. The zero-order valence-corrected chi connectivity index (χ0v) is 14.3. The fourth-order valence-corrected chi connectivity index (χ4v) is 3.36. The van der Waals surface area contributed by atoms with E-state index in [0.29, 0.717) is 29.4 Å². The number of carbonyl (C=O) groups is 1. The molecule has 0 radical (unpaired) electrons. The van der Waals surface area contributed by atoms with Crippen LogP contribution in [0.1, 0.15) is 31.4 Å². The van der Waals surface area contributed by atoms with Crippen molar-refractivity contribution in [3.05, 3.63) is 53.2 Å². The topological polar surface area (TPSA) is 78.3 Å². The van der Waals surface area contributed by atoms with Crippen LogP contribution >= 0.6 is 0 Å². The van der Waals surface area contributed by atoms with Gasteiger partial charge in [-0.3, -0.25) is 0 Å². The Hall–Kier alpha value is -2.74. The predicted octanol–water partition coefficient (Wildman–Crippen LogP) is 2.43. The quantitative estimate of drug-likeness (QED) is 0.846. The molecule has 1 aromatic carbocycles. The van der Waals surface area contributed by atoms with Crippen molar-refractivity contribution in [2.75, 3.05) is 18.5 Å². The van der Waals surface area contributed by atoms with Gasteiger partial charge in [-0.1, -0.05) is 18.2 Å². The number of nitrogens with one attached hydrogen (secondary N) is 1. The number of carbonyl (C=O) groups excluding carboxylic acids is 1. The van der Waals surface area contributed by atoms with Crippen molar-refractivity contribution in [3.8, 4) is 0 Å². The summed E-state index contributed by atoms with van der Waals surface area (Å²) in [7, 11) is 0. The summed E-state index contributed by atoms with van der Waals surface area (Å²) in [6.45, 7) is 2.62. The third-order valence-corrected chi connectivity index (χ3v) is 4.64. The van der Waals surface area contributed by atoms with Crippen LogP contribution in [0.2, 0.25) is 0 Å². The molecule has 0 spiro atoms. The van der Waals surface area contributed by atoms with E-state index in [1.54, 1.807) is 25.1 Å². The van der Waals surface area contributed by atoms with Crippen molar-refractivity contribution < 1.29 is 18.7 Å². The summed E-state index contributed by atoms with van der Waals surface area (Å²) in [5.74, 6) is -0.482. The number of allylic oxidation sites excluding steroid dienone is 1. The van der Waals surface area contributed by atoms with Gasteiger partial charge in [-0.2, -0.15) is 10.1 Å². The fraction of sp³-hybridized carbons (Fsp3) is 0.389. The third kappa shape index (κ3) is 2.96. The minimum atomic E-state index is -0.744. The Balaban J connectivity index is 1.68. The molecule has 7 nitrogen and oxygen atoms in total. The molecule has 136 valence electrons. The number of fused-ring (bicyclic) bond motifs is 1. The van der Waals surface area contributed by atoms with Crippen molar-refractivity contribution in [1.82, 2.24) is 14.8 Å². The van der Waals surface area contributed by atoms with Crippen LogP contribution in [-0.2, 0) is 14.3 Å². The molecule has 0 amide bonds. The molecule has 0 unspecified atom stereocenters. The van der Waals surface area contributed by atoms with Gasteiger partial charge in [0, 0.05) is 17.9 Å². The molecule has 1 aromatic heterocycles. The number of aromatic nitrogens is 3.